The summed E-state index contributed by atoms with van der Waals surface area (Å²) in [4.78, 5) is 23.3. The first-order chi connectivity index (χ1) is 10.6. The van der Waals surface area contributed by atoms with E-state index in [1.807, 2.05) is 19.1 Å². The van der Waals surface area contributed by atoms with Gasteiger partial charge in [-0.25, -0.2) is 9.59 Å². The number of esters is 2. The predicted molar refractivity (Wildman–Crippen MR) is 80.3 cm³/mol. The second-order valence-electron chi connectivity index (χ2n) is 5.15. The summed E-state index contributed by atoms with van der Waals surface area (Å²) in [6, 6.07) is 8.83. The summed E-state index contributed by atoms with van der Waals surface area (Å²) in [7, 11) is 1.33. The van der Waals surface area contributed by atoms with Crippen LogP contribution in [0.3, 0.4) is 0 Å². The van der Waals surface area contributed by atoms with E-state index in [0.29, 0.717) is 12.0 Å². The van der Waals surface area contributed by atoms with Crippen LogP contribution in [0.1, 0.15) is 23.7 Å². The lowest BCUT2D eigenvalue weighted by Crippen LogP contribution is -2.36. The third-order valence-electron chi connectivity index (χ3n) is 3.58. The molecule has 1 aromatic carbocycles. The highest BCUT2D eigenvalue weighted by Crippen LogP contribution is 2.22. The molecule has 1 aromatic rings. The van der Waals surface area contributed by atoms with Crippen molar-refractivity contribution >= 4 is 11.9 Å². The van der Waals surface area contributed by atoms with Crippen molar-refractivity contribution in [2.75, 3.05) is 13.7 Å². The Balaban J connectivity index is 1.82. The number of rotatable bonds is 5. The van der Waals surface area contributed by atoms with Crippen molar-refractivity contribution in [1.29, 1.82) is 0 Å². The highest BCUT2D eigenvalue weighted by molar-refractivity contribution is 5.89. The van der Waals surface area contributed by atoms with E-state index in [1.54, 1.807) is 30.3 Å². The van der Waals surface area contributed by atoms with Crippen molar-refractivity contribution < 1.29 is 23.8 Å². The second-order valence-corrected chi connectivity index (χ2v) is 5.15. The quantitative estimate of drug-likeness (QED) is 0.617. The molecule has 3 atom stereocenters. The van der Waals surface area contributed by atoms with Crippen molar-refractivity contribution in [3.63, 3.8) is 0 Å². The molecule has 5 heteroatoms. The molecule has 5 nitrogen and oxygen atoms in total. The Bertz CT molecular complexity index is 537. The van der Waals surface area contributed by atoms with Crippen molar-refractivity contribution in [2.45, 2.75) is 25.6 Å². The van der Waals surface area contributed by atoms with E-state index < -0.39 is 12.1 Å². The number of carbonyl (C=O) groups excluding carboxylic acids is 2. The average molecular weight is 304 g/mol. The van der Waals surface area contributed by atoms with Gasteiger partial charge in [0.25, 0.3) is 0 Å². The summed E-state index contributed by atoms with van der Waals surface area (Å²) < 4.78 is 15.6. The fourth-order valence-electron chi connectivity index (χ4n) is 2.26. The molecule has 0 aliphatic carbocycles. The maximum Gasteiger partial charge on any atom is 0.339 e. The van der Waals surface area contributed by atoms with Crippen LogP contribution in [0.2, 0.25) is 0 Å². The minimum atomic E-state index is -0.684. The third kappa shape index (κ3) is 4.18. The lowest BCUT2D eigenvalue weighted by Gasteiger charge is -2.29. The van der Waals surface area contributed by atoms with E-state index in [4.69, 9.17) is 9.47 Å². The molecule has 0 N–H and O–H groups in total. The Morgan fingerprint density at radius 2 is 1.91 bits per heavy atom. The summed E-state index contributed by atoms with van der Waals surface area (Å²) >= 11 is 0. The van der Waals surface area contributed by atoms with Gasteiger partial charge in [-0.05, 0) is 18.2 Å². The van der Waals surface area contributed by atoms with Crippen LogP contribution in [0.25, 0.3) is 0 Å². The van der Waals surface area contributed by atoms with Gasteiger partial charge in [0.15, 0.2) is 6.10 Å². The fourth-order valence-corrected chi connectivity index (χ4v) is 2.26. The Labute approximate surface area is 129 Å². The molecule has 0 saturated carbocycles. The van der Waals surface area contributed by atoms with Crippen LogP contribution in [0.5, 0.6) is 0 Å². The normalized spacial score (nSPS) is 23.8. The maximum absolute atomic E-state index is 11.8. The van der Waals surface area contributed by atoms with Gasteiger partial charge < -0.3 is 14.2 Å². The van der Waals surface area contributed by atoms with Crippen LogP contribution in [0.4, 0.5) is 0 Å². The molecule has 0 bridgehead atoms. The van der Waals surface area contributed by atoms with Gasteiger partial charge in [0.2, 0.25) is 0 Å². The van der Waals surface area contributed by atoms with Crippen LogP contribution < -0.4 is 0 Å². The number of benzene rings is 1. The van der Waals surface area contributed by atoms with Crippen LogP contribution >= 0.6 is 0 Å². The lowest BCUT2D eigenvalue weighted by atomic mass is 9.98. The molecule has 1 aliphatic rings. The van der Waals surface area contributed by atoms with Gasteiger partial charge in [0.05, 0.1) is 25.4 Å². The summed E-state index contributed by atoms with van der Waals surface area (Å²) in [6.45, 7) is 2.23. The second kappa shape index (κ2) is 7.75. The molecule has 2 rings (SSSR count). The van der Waals surface area contributed by atoms with E-state index in [2.05, 4.69) is 4.74 Å². The number of hydrogen-bond donors (Lipinski definition) is 0. The Kier molecular flexibility index (Phi) is 5.72. The SMILES string of the molecule is COC(=O)[C@@H]1C=C[C@H](C)[C@@H](CCOC(=O)c2ccccc2)O1. The number of ether oxygens (including phenoxy) is 3. The van der Waals surface area contributed by atoms with Crippen LogP contribution in [-0.2, 0) is 19.0 Å². The Hall–Kier alpha value is -2.14. The highest BCUT2D eigenvalue weighted by Gasteiger charge is 2.29. The lowest BCUT2D eigenvalue weighted by molar-refractivity contribution is -0.156. The van der Waals surface area contributed by atoms with Gasteiger partial charge >= 0.3 is 11.9 Å². The standard InChI is InChI=1S/C17H20O5/c1-12-8-9-15(17(19)20-2)22-14(12)10-11-21-16(18)13-6-4-3-5-7-13/h3-9,12,14-15H,10-11H2,1-2H3/t12-,14+,15-/m0/s1. The van der Waals surface area contributed by atoms with Gasteiger partial charge in [0.1, 0.15) is 0 Å². The first-order valence-corrected chi connectivity index (χ1v) is 7.25. The van der Waals surface area contributed by atoms with Gasteiger partial charge in [-0.1, -0.05) is 31.2 Å². The minimum Gasteiger partial charge on any atom is -0.467 e. The van der Waals surface area contributed by atoms with Gasteiger partial charge in [-0.2, -0.15) is 0 Å². The molecule has 22 heavy (non-hydrogen) atoms. The van der Waals surface area contributed by atoms with E-state index in [0.717, 1.165) is 0 Å². The molecule has 1 aliphatic heterocycles. The van der Waals surface area contributed by atoms with Crippen molar-refractivity contribution in [3.05, 3.63) is 48.0 Å². The number of methoxy groups -OCH3 is 1. The summed E-state index contributed by atoms with van der Waals surface area (Å²) in [5.41, 5.74) is 0.521. The molecule has 0 saturated heterocycles. The molecule has 118 valence electrons. The minimum absolute atomic E-state index is 0.149. The average Bonchev–Trinajstić information content (AvgIpc) is 2.56. The van der Waals surface area contributed by atoms with E-state index in [9.17, 15) is 9.59 Å². The summed E-state index contributed by atoms with van der Waals surface area (Å²) in [5.74, 6) is -0.630. The highest BCUT2D eigenvalue weighted by atomic mass is 16.6. The van der Waals surface area contributed by atoms with E-state index >= 15 is 0 Å². The zero-order chi connectivity index (χ0) is 15.9. The Morgan fingerprint density at radius 3 is 2.59 bits per heavy atom. The Morgan fingerprint density at radius 1 is 1.18 bits per heavy atom. The van der Waals surface area contributed by atoms with Crippen molar-refractivity contribution in [2.24, 2.45) is 5.92 Å². The molecular weight excluding hydrogens is 284 g/mol. The largest absolute Gasteiger partial charge is 0.467 e. The molecule has 0 unspecified atom stereocenters. The first kappa shape index (κ1) is 16.2. The molecular formula is C17H20O5. The number of hydrogen-bond acceptors (Lipinski definition) is 5. The molecule has 1 heterocycles. The molecule has 0 spiro atoms. The topological polar surface area (TPSA) is 61.8 Å². The zero-order valence-electron chi connectivity index (χ0n) is 12.7. The maximum atomic E-state index is 11.8. The van der Waals surface area contributed by atoms with Gasteiger partial charge in [-0.3, -0.25) is 0 Å². The molecule has 0 aromatic heterocycles. The zero-order valence-corrected chi connectivity index (χ0v) is 12.7. The van der Waals surface area contributed by atoms with Gasteiger partial charge in [-0.15, -0.1) is 0 Å². The summed E-state index contributed by atoms with van der Waals surface area (Å²) in [6.07, 6.45) is 3.28. The van der Waals surface area contributed by atoms with Gasteiger partial charge in [0, 0.05) is 12.3 Å². The molecule has 0 radical (unpaired) electrons. The van der Waals surface area contributed by atoms with E-state index in [1.165, 1.54) is 7.11 Å². The smallest absolute Gasteiger partial charge is 0.339 e. The van der Waals surface area contributed by atoms with Crippen molar-refractivity contribution in [3.8, 4) is 0 Å². The monoisotopic (exact) mass is 304 g/mol. The third-order valence-corrected chi connectivity index (χ3v) is 3.58. The number of carbonyl (C=O) groups is 2. The van der Waals surface area contributed by atoms with Crippen LogP contribution in [0, 0.1) is 5.92 Å². The predicted octanol–water partition coefficient (Wildman–Crippen LogP) is 2.37. The molecule has 0 fully saturated rings. The van der Waals surface area contributed by atoms with E-state index in [-0.39, 0.29) is 24.6 Å². The fraction of sp³-hybridized carbons (Fsp3) is 0.412. The first-order valence-electron chi connectivity index (χ1n) is 7.25. The van der Waals surface area contributed by atoms with Crippen LogP contribution in [0.15, 0.2) is 42.5 Å². The molecule has 0 amide bonds. The van der Waals surface area contributed by atoms with Crippen LogP contribution in [-0.4, -0.2) is 37.9 Å². The van der Waals surface area contributed by atoms with Crippen molar-refractivity contribution in [1.82, 2.24) is 0 Å². The summed E-state index contributed by atoms with van der Waals surface area (Å²) in [5, 5.41) is 0.